The number of ether oxygens (including phenoxy) is 2. The van der Waals surface area contributed by atoms with Gasteiger partial charge >= 0.3 is 11.9 Å². The van der Waals surface area contributed by atoms with Gasteiger partial charge in [-0.1, -0.05) is 49.4 Å². The smallest absolute Gasteiger partial charge is 0.339 e. The Balaban J connectivity index is 2.09. The molecular weight excluding hydrogens is 292 g/mol. The van der Waals surface area contributed by atoms with Gasteiger partial charge in [-0.25, -0.2) is 9.59 Å². The van der Waals surface area contributed by atoms with E-state index in [2.05, 4.69) is 0 Å². The quantitative estimate of drug-likeness (QED) is 0.757. The Morgan fingerprint density at radius 1 is 0.913 bits per heavy atom. The second-order valence-electron chi connectivity index (χ2n) is 5.23. The van der Waals surface area contributed by atoms with E-state index >= 15 is 0 Å². The van der Waals surface area contributed by atoms with Gasteiger partial charge in [0.2, 0.25) is 0 Å². The van der Waals surface area contributed by atoms with Gasteiger partial charge in [-0.2, -0.15) is 0 Å². The van der Waals surface area contributed by atoms with Crippen LogP contribution in [0.4, 0.5) is 0 Å². The van der Waals surface area contributed by atoms with E-state index in [0.717, 1.165) is 5.56 Å². The highest BCUT2D eigenvalue weighted by Crippen LogP contribution is 2.14. The number of hydrogen-bond donors (Lipinski definition) is 0. The fraction of sp³-hybridized carbons (Fsp3) is 0.263. The van der Waals surface area contributed by atoms with Crippen LogP contribution in [-0.2, 0) is 16.1 Å². The predicted molar refractivity (Wildman–Crippen MR) is 87.2 cm³/mol. The third-order valence-electron chi connectivity index (χ3n) is 3.46. The summed E-state index contributed by atoms with van der Waals surface area (Å²) in [5.74, 6) is -1.04. The van der Waals surface area contributed by atoms with Crippen LogP contribution in [0.5, 0.6) is 0 Å². The van der Waals surface area contributed by atoms with Gasteiger partial charge in [-0.15, -0.1) is 0 Å². The van der Waals surface area contributed by atoms with E-state index in [1.165, 1.54) is 0 Å². The summed E-state index contributed by atoms with van der Waals surface area (Å²) in [6.45, 7) is 3.90. The molecule has 120 valence electrons. The molecule has 2 rings (SSSR count). The molecule has 0 amide bonds. The fourth-order valence-corrected chi connectivity index (χ4v) is 1.97. The van der Waals surface area contributed by atoms with Crippen molar-refractivity contribution in [3.63, 3.8) is 0 Å². The van der Waals surface area contributed by atoms with Crippen LogP contribution in [0, 0.1) is 0 Å². The first kappa shape index (κ1) is 16.7. The van der Waals surface area contributed by atoms with Gasteiger partial charge in [0.25, 0.3) is 0 Å². The zero-order valence-corrected chi connectivity index (χ0v) is 13.3. The van der Waals surface area contributed by atoms with Crippen molar-refractivity contribution < 1.29 is 19.1 Å². The molecule has 0 N–H and O–H groups in total. The van der Waals surface area contributed by atoms with E-state index in [4.69, 9.17) is 9.47 Å². The SMILES string of the molecule is CCC(C)OC(=O)c1ccccc1C(=O)OCc1ccccc1. The Labute approximate surface area is 136 Å². The van der Waals surface area contributed by atoms with Crippen LogP contribution in [0.25, 0.3) is 0 Å². The Hall–Kier alpha value is -2.62. The molecule has 0 saturated heterocycles. The molecule has 0 spiro atoms. The molecule has 0 bridgehead atoms. The molecule has 0 aromatic heterocycles. The summed E-state index contributed by atoms with van der Waals surface area (Å²) in [7, 11) is 0. The van der Waals surface area contributed by atoms with Gasteiger partial charge in [-0.05, 0) is 31.0 Å². The van der Waals surface area contributed by atoms with E-state index in [0.29, 0.717) is 6.42 Å². The first-order valence-electron chi connectivity index (χ1n) is 7.63. The highest BCUT2D eigenvalue weighted by Gasteiger charge is 2.20. The summed E-state index contributed by atoms with van der Waals surface area (Å²) in [5.41, 5.74) is 1.34. The van der Waals surface area contributed by atoms with Crippen LogP contribution < -0.4 is 0 Å². The van der Waals surface area contributed by atoms with Crippen molar-refractivity contribution in [1.29, 1.82) is 0 Å². The molecule has 0 saturated carbocycles. The molecule has 4 nitrogen and oxygen atoms in total. The van der Waals surface area contributed by atoms with E-state index in [1.54, 1.807) is 24.3 Å². The van der Waals surface area contributed by atoms with Crippen molar-refractivity contribution in [2.24, 2.45) is 0 Å². The van der Waals surface area contributed by atoms with Crippen molar-refractivity contribution in [3.8, 4) is 0 Å². The van der Waals surface area contributed by atoms with E-state index < -0.39 is 11.9 Å². The second-order valence-corrected chi connectivity index (χ2v) is 5.23. The normalized spacial score (nSPS) is 11.6. The number of esters is 2. The molecule has 0 aliphatic heterocycles. The predicted octanol–water partition coefficient (Wildman–Crippen LogP) is 4.00. The van der Waals surface area contributed by atoms with Crippen LogP contribution in [0.1, 0.15) is 46.5 Å². The van der Waals surface area contributed by atoms with Crippen LogP contribution in [0.2, 0.25) is 0 Å². The third-order valence-corrected chi connectivity index (χ3v) is 3.46. The lowest BCUT2D eigenvalue weighted by atomic mass is 10.1. The molecule has 0 aliphatic rings. The first-order chi connectivity index (χ1) is 11.1. The number of hydrogen-bond acceptors (Lipinski definition) is 4. The van der Waals surface area contributed by atoms with Gasteiger partial charge in [-0.3, -0.25) is 0 Å². The summed E-state index contributed by atoms with van der Waals surface area (Å²) < 4.78 is 10.6. The summed E-state index contributed by atoms with van der Waals surface area (Å²) in [6, 6.07) is 15.9. The molecule has 1 atom stereocenters. The van der Waals surface area contributed by atoms with Crippen molar-refractivity contribution in [2.45, 2.75) is 33.0 Å². The fourth-order valence-electron chi connectivity index (χ4n) is 1.97. The molecule has 0 aliphatic carbocycles. The van der Waals surface area contributed by atoms with Crippen molar-refractivity contribution in [1.82, 2.24) is 0 Å². The van der Waals surface area contributed by atoms with Crippen LogP contribution >= 0.6 is 0 Å². The zero-order chi connectivity index (χ0) is 16.7. The van der Waals surface area contributed by atoms with Gasteiger partial charge in [0, 0.05) is 0 Å². The number of carbonyl (C=O) groups excluding carboxylic acids is 2. The lowest BCUT2D eigenvalue weighted by molar-refractivity contribution is 0.0319. The minimum absolute atomic E-state index is 0.161. The molecule has 23 heavy (non-hydrogen) atoms. The van der Waals surface area contributed by atoms with Crippen molar-refractivity contribution >= 4 is 11.9 Å². The average molecular weight is 312 g/mol. The Bertz CT molecular complexity index is 664. The van der Waals surface area contributed by atoms with Crippen molar-refractivity contribution in [3.05, 3.63) is 71.3 Å². The van der Waals surface area contributed by atoms with Crippen LogP contribution in [0.15, 0.2) is 54.6 Å². The number of rotatable bonds is 6. The lowest BCUT2D eigenvalue weighted by Crippen LogP contribution is -2.18. The number of carbonyl (C=O) groups is 2. The van der Waals surface area contributed by atoms with Crippen LogP contribution in [-0.4, -0.2) is 18.0 Å². The van der Waals surface area contributed by atoms with Gasteiger partial charge < -0.3 is 9.47 Å². The summed E-state index contributed by atoms with van der Waals surface area (Å²) in [5, 5.41) is 0. The number of benzene rings is 2. The van der Waals surface area contributed by atoms with E-state index in [9.17, 15) is 9.59 Å². The topological polar surface area (TPSA) is 52.6 Å². The maximum atomic E-state index is 12.3. The summed E-state index contributed by atoms with van der Waals surface area (Å²) >= 11 is 0. The standard InChI is InChI=1S/C19H20O4/c1-3-14(2)23-19(21)17-12-8-7-11-16(17)18(20)22-13-15-9-5-4-6-10-15/h4-12,14H,3,13H2,1-2H3. The molecule has 1 unspecified atom stereocenters. The molecule has 0 radical (unpaired) electrons. The Morgan fingerprint density at radius 3 is 2.09 bits per heavy atom. The maximum absolute atomic E-state index is 12.3. The third kappa shape index (κ3) is 4.68. The minimum Gasteiger partial charge on any atom is -0.459 e. The highest BCUT2D eigenvalue weighted by atomic mass is 16.5. The molecule has 2 aromatic carbocycles. The van der Waals surface area contributed by atoms with Gasteiger partial charge in [0.05, 0.1) is 17.2 Å². The molecule has 4 heteroatoms. The molecular formula is C19H20O4. The average Bonchev–Trinajstić information content (AvgIpc) is 2.60. The molecule has 0 heterocycles. The van der Waals surface area contributed by atoms with Gasteiger partial charge in [0.15, 0.2) is 0 Å². The highest BCUT2D eigenvalue weighted by molar-refractivity contribution is 6.03. The Kier molecular flexibility index (Phi) is 5.92. The molecule has 0 fully saturated rings. The van der Waals surface area contributed by atoms with E-state index in [1.807, 2.05) is 44.2 Å². The second kappa shape index (κ2) is 8.13. The molecule has 2 aromatic rings. The van der Waals surface area contributed by atoms with Crippen molar-refractivity contribution in [2.75, 3.05) is 0 Å². The Morgan fingerprint density at radius 2 is 1.48 bits per heavy atom. The van der Waals surface area contributed by atoms with Crippen LogP contribution in [0.3, 0.4) is 0 Å². The maximum Gasteiger partial charge on any atom is 0.339 e. The lowest BCUT2D eigenvalue weighted by Gasteiger charge is -2.13. The zero-order valence-electron chi connectivity index (χ0n) is 13.3. The minimum atomic E-state index is -0.537. The summed E-state index contributed by atoms with van der Waals surface area (Å²) in [4.78, 5) is 24.5. The van der Waals surface area contributed by atoms with Gasteiger partial charge in [0.1, 0.15) is 6.61 Å². The summed E-state index contributed by atoms with van der Waals surface area (Å²) in [6.07, 6.45) is 0.516. The largest absolute Gasteiger partial charge is 0.459 e. The van der Waals surface area contributed by atoms with E-state index in [-0.39, 0.29) is 23.8 Å². The monoisotopic (exact) mass is 312 g/mol. The first-order valence-corrected chi connectivity index (χ1v) is 7.63.